The Hall–Kier alpha value is -1.65. The third kappa shape index (κ3) is 3.91. The number of halogens is 2. The highest BCUT2D eigenvalue weighted by molar-refractivity contribution is 5.81. The Kier molecular flexibility index (Phi) is 4.71. The minimum Gasteiger partial charge on any atom is -0.374 e. The smallest absolute Gasteiger partial charge is 0.239 e. The first kappa shape index (κ1) is 13.8. The Morgan fingerprint density at radius 1 is 1.21 bits per heavy atom. The summed E-state index contributed by atoms with van der Waals surface area (Å²) in [6.45, 7) is -0.0448. The van der Waals surface area contributed by atoms with E-state index in [2.05, 4.69) is 10.6 Å². The van der Waals surface area contributed by atoms with Crippen molar-refractivity contribution >= 4 is 11.6 Å². The predicted molar refractivity (Wildman–Crippen MR) is 69.9 cm³/mol. The van der Waals surface area contributed by atoms with Gasteiger partial charge in [0.05, 0.1) is 12.2 Å². The molecule has 0 bridgehead atoms. The van der Waals surface area contributed by atoms with Crippen molar-refractivity contribution in [1.29, 1.82) is 0 Å². The maximum absolute atomic E-state index is 13.3. The summed E-state index contributed by atoms with van der Waals surface area (Å²) in [6.07, 6.45) is 5.49. The molecule has 0 aliphatic heterocycles. The van der Waals surface area contributed by atoms with Gasteiger partial charge in [0, 0.05) is 6.04 Å². The van der Waals surface area contributed by atoms with Crippen molar-refractivity contribution in [3.8, 4) is 0 Å². The molecule has 1 aliphatic rings. The van der Waals surface area contributed by atoms with Crippen LogP contribution >= 0.6 is 0 Å². The van der Waals surface area contributed by atoms with E-state index in [1.165, 1.54) is 18.6 Å². The zero-order valence-electron chi connectivity index (χ0n) is 10.7. The van der Waals surface area contributed by atoms with E-state index in [4.69, 9.17) is 0 Å². The lowest BCUT2D eigenvalue weighted by Crippen LogP contribution is -2.39. The second-order valence-electron chi connectivity index (χ2n) is 4.86. The SMILES string of the molecule is O=C(CNc1cccc(F)c1F)NC1CCCCC1. The third-order valence-electron chi connectivity index (χ3n) is 3.36. The monoisotopic (exact) mass is 268 g/mol. The zero-order valence-corrected chi connectivity index (χ0v) is 10.7. The van der Waals surface area contributed by atoms with Crippen molar-refractivity contribution in [1.82, 2.24) is 5.32 Å². The average molecular weight is 268 g/mol. The minimum absolute atomic E-state index is 0.0128. The Balaban J connectivity index is 1.81. The molecule has 1 aromatic carbocycles. The van der Waals surface area contributed by atoms with E-state index in [-0.39, 0.29) is 24.2 Å². The second kappa shape index (κ2) is 6.50. The summed E-state index contributed by atoms with van der Waals surface area (Å²) in [5, 5.41) is 5.52. The quantitative estimate of drug-likeness (QED) is 0.881. The average Bonchev–Trinajstić information content (AvgIpc) is 2.42. The molecule has 1 fully saturated rings. The zero-order chi connectivity index (χ0) is 13.7. The van der Waals surface area contributed by atoms with Crippen LogP contribution in [-0.4, -0.2) is 18.5 Å². The molecule has 5 heteroatoms. The summed E-state index contributed by atoms with van der Waals surface area (Å²) in [4.78, 5) is 11.7. The van der Waals surface area contributed by atoms with E-state index in [1.54, 1.807) is 0 Å². The van der Waals surface area contributed by atoms with E-state index in [9.17, 15) is 13.6 Å². The first-order valence-corrected chi connectivity index (χ1v) is 6.64. The Labute approximate surface area is 111 Å². The molecular weight excluding hydrogens is 250 g/mol. The Morgan fingerprint density at radius 3 is 2.68 bits per heavy atom. The minimum atomic E-state index is -0.951. The molecular formula is C14H18F2N2O. The van der Waals surface area contributed by atoms with Crippen LogP contribution in [0.15, 0.2) is 18.2 Å². The van der Waals surface area contributed by atoms with Gasteiger partial charge in [0.25, 0.3) is 0 Å². The highest BCUT2D eigenvalue weighted by atomic mass is 19.2. The first-order chi connectivity index (χ1) is 9.16. The Morgan fingerprint density at radius 2 is 1.95 bits per heavy atom. The maximum Gasteiger partial charge on any atom is 0.239 e. The number of hydrogen-bond acceptors (Lipinski definition) is 2. The molecule has 2 rings (SSSR count). The second-order valence-corrected chi connectivity index (χ2v) is 4.86. The van der Waals surface area contributed by atoms with Gasteiger partial charge >= 0.3 is 0 Å². The van der Waals surface area contributed by atoms with Crippen LogP contribution in [0, 0.1) is 11.6 Å². The van der Waals surface area contributed by atoms with Gasteiger partial charge in [0.1, 0.15) is 0 Å². The van der Waals surface area contributed by atoms with Gasteiger partial charge in [-0.25, -0.2) is 8.78 Å². The van der Waals surface area contributed by atoms with E-state index in [0.29, 0.717) is 0 Å². The molecule has 104 valence electrons. The van der Waals surface area contributed by atoms with Gasteiger partial charge in [0.2, 0.25) is 5.91 Å². The highest BCUT2D eigenvalue weighted by Crippen LogP contribution is 2.18. The van der Waals surface area contributed by atoms with Gasteiger partial charge < -0.3 is 10.6 Å². The van der Waals surface area contributed by atoms with Crippen molar-refractivity contribution in [2.24, 2.45) is 0 Å². The van der Waals surface area contributed by atoms with Crippen molar-refractivity contribution in [2.45, 2.75) is 38.1 Å². The fourth-order valence-electron chi connectivity index (χ4n) is 2.34. The van der Waals surface area contributed by atoms with E-state index < -0.39 is 11.6 Å². The van der Waals surface area contributed by atoms with Crippen molar-refractivity contribution in [2.75, 3.05) is 11.9 Å². The standard InChI is InChI=1S/C14H18F2N2O/c15-11-7-4-8-12(14(11)16)17-9-13(19)18-10-5-2-1-3-6-10/h4,7-8,10,17H,1-3,5-6,9H2,(H,18,19). The molecule has 0 radical (unpaired) electrons. The topological polar surface area (TPSA) is 41.1 Å². The van der Waals surface area contributed by atoms with E-state index in [1.807, 2.05) is 0 Å². The number of hydrogen-bond donors (Lipinski definition) is 2. The Bertz CT molecular complexity index is 445. The fourth-order valence-corrected chi connectivity index (χ4v) is 2.34. The van der Waals surface area contributed by atoms with E-state index >= 15 is 0 Å². The lowest BCUT2D eigenvalue weighted by Gasteiger charge is -2.22. The van der Waals surface area contributed by atoms with Gasteiger partial charge in [-0.15, -0.1) is 0 Å². The molecule has 0 spiro atoms. The van der Waals surface area contributed by atoms with Gasteiger partial charge in [-0.2, -0.15) is 0 Å². The van der Waals surface area contributed by atoms with Crippen LogP contribution in [0.3, 0.4) is 0 Å². The fraction of sp³-hybridized carbons (Fsp3) is 0.500. The van der Waals surface area contributed by atoms with Crippen molar-refractivity contribution in [3.63, 3.8) is 0 Å². The van der Waals surface area contributed by atoms with Gasteiger partial charge in [0.15, 0.2) is 11.6 Å². The highest BCUT2D eigenvalue weighted by Gasteiger charge is 2.16. The number of nitrogens with one attached hydrogen (secondary N) is 2. The predicted octanol–water partition coefficient (Wildman–Crippen LogP) is 2.83. The van der Waals surface area contributed by atoms with Gasteiger partial charge in [-0.3, -0.25) is 4.79 Å². The van der Waals surface area contributed by atoms with Crippen LogP contribution in [0.1, 0.15) is 32.1 Å². The van der Waals surface area contributed by atoms with Crippen LogP contribution in [0.4, 0.5) is 14.5 Å². The third-order valence-corrected chi connectivity index (χ3v) is 3.36. The molecule has 0 heterocycles. The molecule has 1 saturated carbocycles. The molecule has 2 N–H and O–H groups in total. The summed E-state index contributed by atoms with van der Waals surface area (Å²) in [5.41, 5.74) is 0.0128. The van der Waals surface area contributed by atoms with Crippen molar-refractivity contribution < 1.29 is 13.6 Å². The molecule has 0 atom stereocenters. The van der Waals surface area contributed by atoms with E-state index in [0.717, 1.165) is 31.7 Å². The number of amides is 1. The van der Waals surface area contributed by atoms with Gasteiger partial charge in [-0.1, -0.05) is 25.3 Å². The number of benzene rings is 1. The molecule has 19 heavy (non-hydrogen) atoms. The summed E-state index contributed by atoms with van der Waals surface area (Å²) in [7, 11) is 0. The summed E-state index contributed by atoms with van der Waals surface area (Å²) >= 11 is 0. The molecule has 1 aliphatic carbocycles. The van der Waals surface area contributed by atoms with Crippen LogP contribution in [0.2, 0.25) is 0 Å². The lowest BCUT2D eigenvalue weighted by atomic mass is 9.95. The lowest BCUT2D eigenvalue weighted by molar-refractivity contribution is -0.120. The number of rotatable bonds is 4. The number of carbonyl (C=O) groups is 1. The van der Waals surface area contributed by atoms with Crippen molar-refractivity contribution in [3.05, 3.63) is 29.8 Å². The normalized spacial score (nSPS) is 16.1. The molecule has 1 amide bonds. The van der Waals surface area contributed by atoms with Crippen LogP contribution in [0.25, 0.3) is 0 Å². The number of carbonyl (C=O) groups excluding carboxylic acids is 1. The van der Waals surface area contributed by atoms with Crippen LogP contribution in [0.5, 0.6) is 0 Å². The molecule has 0 saturated heterocycles. The molecule has 0 unspecified atom stereocenters. The summed E-state index contributed by atoms with van der Waals surface area (Å²) in [5.74, 6) is -2.05. The van der Waals surface area contributed by atoms with Gasteiger partial charge in [-0.05, 0) is 25.0 Å². The molecule has 1 aromatic rings. The molecule has 0 aromatic heterocycles. The van der Waals surface area contributed by atoms with Crippen LogP contribution < -0.4 is 10.6 Å². The summed E-state index contributed by atoms with van der Waals surface area (Å²) < 4.78 is 26.3. The number of anilines is 1. The first-order valence-electron chi connectivity index (χ1n) is 6.64. The largest absolute Gasteiger partial charge is 0.374 e. The maximum atomic E-state index is 13.3. The molecule has 3 nitrogen and oxygen atoms in total. The summed E-state index contributed by atoms with van der Waals surface area (Å²) in [6, 6.07) is 4.08. The van der Waals surface area contributed by atoms with Crippen LogP contribution in [-0.2, 0) is 4.79 Å².